The van der Waals surface area contributed by atoms with E-state index in [1.165, 1.54) is 16.2 Å². The third-order valence-corrected chi connectivity index (χ3v) is 9.97. The van der Waals surface area contributed by atoms with Gasteiger partial charge in [-0.25, -0.2) is 0 Å². The van der Waals surface area contributed by atoms with E-state index in [2.05, 4.69) is 43.5 Å². The number of piperidine rings is 1. The van der Waals surface area contributed by atoms with Crippen molar-refractivity contribution in [2.75, 3.05) is 6.54 Å². The van der Waals surface area contributed by atoms with Crippen molar-refractivity contribution in [3.63, 3.8) is 0 Å². The molecule has 1 saturated carbocycles. The predicted molar refractivity (Wildman–Crippen MR) is 133 cm³/mol. The fraction of sp³-hybridized carbons (Fsp3) is 0.500. The van der Waals surface area contributed by atoms with Crippen molar-refractivity contribution in [2.24, 2.45) is 11.7 Å². The number of nitrogens with two attached hydrogens (primary N) is 1. The highest BCUT2D eigenvalue weighted by atomic mass is 32.1. The van der Waals surface area contributed by atoms with Gasteiger partial charge in [0.05, 0.1) is 22.9 Å². The largest absolute Gasteiger partial charge is 0.365 e. The van der Waals surface area contributed by atoms with Crippen LogP contribution in [0.3, 0.4) is 0 Å². The molecule has 3 aromatic heterocycles. The number of tetrazole rings is 1. The highest BCUT2D eigenvalue weighted by molar-refractivity contribution is 7.14. The van der Waals surface area contributed by atoms with Crippen LogP contribution in [0.4, 0.5) is 0 Å². The van der Waals surface area contributed by atoms with Crippen LogP contribution in [0.1, 0.15) is 62.6 Å². The van der Waals surface area contributed by atoms with Gasteiger partial charge in [0.15, 0.2) is 5.82 Å². The van der Waals surface area contributed by atoms with Gasteiger partial charge in [0.2, 0.25) is 5.91 Å². The zero-order chi connectivity index (χ0) is 25.0. The van der Waals surface area contributed by atoms with Crippen molar-refractivity contribution in [1.82, 2.24) is 30.8 Å². The van der Waals surface area contributed by atoms with Crippen molar-refractivity contribution in [1.29, 1.82) is 5.26 Å². The third kappa shape index (κ3) is 3.65. The number of hydrogen-bond donors (Lipinski definition) is 3. The number of carbonyl (C=O) groups is 2. The maximum atomic E-state index is 13.1. The van der Waals surface area contributed by atoms with Crippen LogP contribution in [0.25, 0.3) is 0 Å². The Kier molecular flexibility index (Phi) is 5.66. The van der Waals surface area contributed by atoms with Crippen molar-refractivity contribution in [3.05, 3.63) is 49.1 Å². The normalized spacial score (nSPS) is 26.9. The van der Waals surface area contributed by atoms with Gasteiger partial charge in [-0.15, -0.1) is 32.9 Å². The minimum Gasteiger partial charge on any atom is -0.365 e. The topological polar surface area (TPSA) is 154 Å². The van der Waals surface area contributed by atoms with Crippen LogP contribution in [0, 0.1) is 17.2 Å². The average molecular weight is 523 g/mol. The SMILES string of the molecule is C[C@H](CC1(c2nn[nH]n2)c2ccsc2CCc2sc(C(N)=O)cc21)NCC(=O)N1[C@H](C#N)C[C@@H]2C[C@@H]21. The van der Waals surface area contributed by atoms with Gasteiger partial charge in [-0.05, 0) is 73.6 Å². The minimum absolute atomic E-state index is 0.0312. The van der Waals surface area contributed by atoms with E-state index in [-0.39, 0.29) is 30.6 Å². The Morgan fingerprint density at radius 1 is 1.36 bits per heavy atom. The number of nitrogens with zero attached hydrogens (tertiary/aromatic N) is 5. The van der Waals surface area contributed by atoms with Gasteiger partial charge in [-0.1, -0.05) is 5.21 Å². The first-order valence-electron chi connectivity index (χ1n) is 12.1. The van der Waals surface area contributed by atoms with E-state index >= 15 is 0 Å². The van der Waals surface area contributed by atoms with Gasteiger partial charge in [0.25, 0.3) is 5.91 Å². The number of carbonyl (C=O) groups excluding carboxylic acids is 2. The van der Waals surface area contributed by atoms with Crippen LogP contribution in [-0.2, 0) is 23.1 Å². The molecule has 0 bridgehead atoms. The Balaban J connectivity index is 1.33. The summed E-state index contributed by atoms with van der Waals surface area (Å²) in [4.78, 5) is 29.8. The molecule has 0 radical (unpaired) electrons. The first kappa shape index (κ1) is 23.3. The number of H-pyrrole nitrogens is 1. The average Bonchev–Trinajstić information content (AvgIpc) is 3.39. The van der Waals surface area contributed by atoms with Crippen LogP contribution in [0.5, 0.6) is 0 Å². The monoisotopic (exact) mass is 522 g/mol. The highest BCUT2D eigenvalue weighted by Crippen LogP contribution is 2.50. The summed E-state index contributed by atoms with van der Waals surface area (Å²) in [5.74, 6) is 0.533. The smallest absolute Gasteiger partial charge is 0.258 e. The van der Waals surface area contributed by atoms with Crippen LogP contribution < -0.4 is 11.1 Å². The van der Waals surface area contributed by atoms with Gasteiger partial charge < -0.3 is 16.0 Å². The highest BCUT2D eigenvalue weighted by Gasteiger charge is 2.54. The molecule has 5 atom stereocenters. The van der Waals surface area contributed by atoms with Crippen LogP contribution in [0.15, 0.2) is 17.5 Å². The second-order valence-corrected chi connectivity index (χ2v) is 12.1. The van der Waals surface area contributed by atoms with Crippen LogP contribution in [-0.4, -0.2) is 62.0 Å². The number of primary amides is 1. The number of nitriles is 1. The van der Waals surface area contributed by atoms with E-state index < -0.39 is 11.3 Å². The first-order chi connectivity index (χ1) is 17.4. The number of amides is 2. The van der Waals surface area contributed by atoms with E-state index in [9.17, 15) is 14.9 Å². The number of hydrogen-bond acceptors (Lipinski definition) is 9. The zero-order valence-electron chi connectivity index (χ0n) is 19.7. The van der Waals surface area contributed by atoms with Gasteiger partial charge in [-0.3, -0.25) is 9.59 Å². The summed E-state index contributed by atoms with van der Waals surface area (Å²) >= 11 is 3.14. The maximum absolute atomic E-state index is 13.1. The Morgan fingerprint density at radius 2 is 2.19 bits per heavy atom. The van der Waals surface area contributed by atoms with Gasteiger partial charge in [0, 0.05) is 21.8 Å². The molecule has 3 aromatic rings. The Bertz CT molecular complexity index is 1360. The molecule has 186 valence electrons. The molecule has 4 N–H and O–H groups in total. The molecule has 2 aliphatic carbocycles. The molecule has 2 amide bonds. The quantitative estimate of drug-likeness (QED) is 0.427. The molecular weight excluding hydrogens is 496 g/mol. The number of aromatic nitrogens is 4. The Labute approximate surface area is 215 Å². The van der Waals surface area contributed by atoms with Gasteiger partial charge in [0.1, 0.15) is 6.04 Å². The van der Waals surface area contributed by atoms with E-state index in [1.807, 2.05) is 13.0 Å². The fourth-order valence-corrected chi connectivity index (χ4v) is 8.14. The Morgan fingerprint density at radius 3 is 2.94 bits per heavy atom. The number of thiophene rings is 2. The van der Waals surface area contributed by atoms with Crippen LogP contribution >= 0.6 is 22.7 Å². The summed E-state index contributed by atoms with van der Waals surface area (Å²) in [7, 11) is 0. The van der Waals surface area contributed by atoms with E-state index in [0.717, 1.165) is 41.7 Å². The summed E-state index contributed by atoms with van der Waals surface area (Å²) in [5, 5.41) is 30.3. The van der Waals surface area contributed by atoms with Crippen LogP contribution in [0.2, 0.25) is 0 Å². The maximum Gasteiger partial charge on any atom is 0.258 e. The lowest BCUT2D eigenvalue weighted by Gasteiger charge is -2.34. The summed E-state index contributed by atoms with van der Waals surface area (Å²) < 4.78 is 0. The number of rotatable bonds is 7. The molecule has 0 spiro atoms. The standard InChI is InChI=1S/C24H26N8O2S2/c1-12(27-11-21(33)32-14(10-25)6-13-7-17(13)32)9-24(23-28-30-31-29-23)15-4-5-35-18(15)2-3-19-16(24)8-20(36-19)22(26)34/h4-5,8,12-14,17,27H,2-3,6-7,9,11H2,1H3,(H2,26,34)(H,28,29,30,31)/t12-,13-,14+,17+,24?/m1/s1. The van der Waals surface area contributed by atoms with Crippen molar-refractivity contribution >= 4 is 34.5 Å². The number of likely N-dealkylation sites (tertiary alicyclic amines) is 1. The Hall–Kier alpha value is -3.14. The molecule has 36 heavy (non-hydrogen) atoms. The molecule has 1 saturated heterocycles. The summed E-state index contributed by atoms with van der Waals surface area (Å²) in [6.45, 7) is 2.20. The molecule has 3 aliphatic rings. The predicted octanol–water partition coefficient (Wildman–Crippen LogP) is 1.74. The van der Waals surface area contributed by atoms with Gasteiger partial charge >= 0.3 is 0 Å². The number of aryl methyl sites for hydroxylation is 2. The second-order valence-electron chi connectivity index (χ2n) is 9.94. The summed E-state index contributed by atoms with van der Waals surface area (Å²) in [6, 6.07) is 6.08. The fourth-order valence-electron chi connectivity index (χ4n) is 6.09. The summed E-state index contributed by atoms with van der Waals surface area (Å²) in [5.41, 5.74) is 7.00. The minimum atomic E-state index is -0.752. The molecule has 6 rings (SSSR count). The lowest BCUT2D eigenvalue weighted by Crippen LogP contribution is -2.46. The molecule has 1 aliphatic heterocycles. The lowest BCUT2D eigenvalue weighted by molar-refractivity contribution is -0.131. The number of aromatic amines is 1. The van der Waals surface area contributed by atoms with Crippen molar-refractivity contribution in [2.45, 2.75) is 62.6 Å². The third-order valence-electron chi connectivity index (χ3n) is 7.78. The van der Waals surface area contributed by atoms with E-state index in [4.69, 9.17) is 5.73 Å². The molecular formula is C24H26N8O2S2. The lowest BCUT2D eigenvalue weighted by atomic mass is 9.70. The zero-order valence-corrected chi connectivity index (χ0v) is 21.4. The van der Waals surface area contributed by atoms with Crippen molar-refractivity contribution in [3.8, 4) is 6.07 Å². The molecule has 4 heterocycles. The molecule has 1 unspecified atom stereocenters. The van der Waals surface area contributed by atoms with E-state index in [1.54, 1.807) is 16.2 Å². The second kappa shape index (κ2) is 8.76. The van der Waals surface area contributed by atoms with Crippen molar-refractivity contribution < 1.29 is 9.59 Å². The van der Waals surface area contributed by atoms with E-state index in [0.29, 0.717) is 23.0 Å². The number of nitrogens with one attached hydrogen (secondary N) is 2. The molecule has 10 nitrogen and oxygen atoms in total. The van der Waals surface area contributed by atoms with Gasteiger partial charge in [-0.2, -0.15) is 10.5 Å². The molecule has 2 fully saturated rings. The molecule has 0 aromatic carbocycles. The number of fused-ring (bicyclic) bond motifs is 3. The first-order valence-corrected chi connectivity index (χ1v) is 13.8. The summed E-state index contributed by atoms with van der Waals surface area (Å²) in [6.07, 6.45) is 4.00. The molecule has 12 heteroatoms.